The molecular formula is C15H23N3O. The molecule has 0 aromatic carbocycles. The highest BCUT2D eigenvalue weighted by Crippen LogP contribution is 2.38. The summed E-state index contributed by atoms with van der Waals surface area (Å²) in [5.74, 6) is 0.908. The maximum Gasteiger partial charge on any atom is 0.221 e. The van der Waals surface area contributed by atoms with Crippen LogP contribution in [-0.2, 0) is 17.6 Å². The molecule has 3 N–H and O–H groups in total. The Hall–Kier alpha value is -1.32. The maximum atomic E-state index is 11.9. The van der Waals surface area contributed by atoms with Crippen molar-refractivity contribution in [3.8, 4) is 0 Å². The predicted octanol–water partition coefficient (Wildman–Crippen LogP) is 2.20. The fourth-order valence-corrected chi connectivity index (χ4v) is 4.08. The van der Waals surface area contributed by atoms with Crippen molar-refractivity contribution in [2.24, 2.45) is 23.5 Å². The number of carbonyl (C=O) groups excluding carboxylic acids is 1. The molecule has 2 unspecified atom stereocenters. The number of rotatable bonds is 3. The van der Waals surface area contributed by atoms with Crippen molar-refractivity contribution < 1.29 is 4.79 Å². The van der Waals surface area contributed by atoms with Gasteiger partial charge < -0.3 is 10.7 Å². The van der Waals surface area contributed by atoms with E-state index in [1.807, 2.05) is 0 Å². The molecule has 19 heavy (non-hydrogen) atoms. The lowest BCUT2D eigenvalue weighted by Crippen LogP contribution is -2.39. The van der Waals surface area contributed by atoms with Crippen LogP contribution in [0.25, 0.3) is 0 Å². The lowest BCUT2D eigenvalue weighted by molar-refractivity contribution is -0.126. The van der Waals surface area contributed by atoms with Crippen molar-refractivity contribution in [2.45, 2.75) is 51.4 Å². The van der Waals surface area contributed by atoms with Crippen molar-refractivity contribution in [1.29, 1.82) is 0 Å². The number of nitrogens with one attached hydrogen (secondary N) is 1. The predicted molar refractivity (Wildman–Crippen MR) is 73.4 cm³/mol. The Kier molecular flexibility index (Phi) is 3.58. The number of aromatic amines is 1. The van der Waals surface area contributed by atoms with Gasteiger partial charge >= 0.3 is 0 Å². The summed E-state index contributed by atoms with van der Waals surface area (Å²) >= 11 is 0. The first-order chi connectivity index (χ1) is 9.25. The van der Waals surface area contributed by atoms with Crippen molar-refractivity contribution >= 4 is 5.91 Å². The third-order valence-electron chi connectivity index (χ3n) is 5.02. The van der Waals surface area contributed by atoms with E-state index in [-0.39, 0.29) is 11.8 Å². The highest BCUT2D eigenvalue weighted by atomic mass is 16.1. The minimum absolute atomic E-state index is 0.0664. The summed E-state index contributed by atoms with van der Waals surface area (Å²) in [5, 5.41) is 0. The lowest BCUT2D eigenvalue weighted by atomic mass is 9.69. The number of amides is 1. The van der Waals surface area contributed by atoms with Gasteiger partial charge in [0, 0.05) is 11.6 Å². The van der Waals surface area contributed by atoms with Gasteiger partial charge in [-0.25, -0.2) is 4.98 Å². The van der Waals surface area contributed by atoms with Crippen LogP contribution < -0.4 is 5.73 Å². The fourth-order valence-electron chi connectivity index (χ4n) is 4.08. The largest absolute Gasteiger partial charge is 0.369 e. The number of nitrogens with two attached hydrogens (primary N) is 1. The summed E-state index contributed by atoms with van der Waals surface area (Å²) < 4.78 is 0. The lowest BCUT2D eigenvalue weighted by Gasteiger charge is -2.35. The normalized spacial score (nSPS) is 25.8. The van der Waals surface area contributed by atoms with Gasteiger partial charge in [-0.05, 0) is 43.9 Å². The molecule has 0 saturated heterocycles. The van der Waals surface area contributed by atoms with Crippen molar-refractivity contribution in [1.82, 2.24) is 9.97 Å². The first-order valence-electron chi connectivity index (χ1n) is 7.56. The second kappa shape index (κ2) is 5.35. The highest BCUT2D eigenvalue weighted by Gasteiger charge is 2.36. The summed E-state index contributed by atoms with van der Waals surface area (Å²) in [6.07, 6.45) is 11.0. The molecule has 0 bridgehead atoms. The molecule has 1 fully saturated rings. The molecule has 3 rings (SSSR count). The molecular weight excluding hydrogens is 238 g/mol. The number of imidazole rings is 1. The summed E-state index contributed by atoms with van der Waals surface area (Å²) in [6.45, 7) is 0. The average molecular weight is 261 g/mol. The van der Waals surface area contributed by atoms with E-state index in [0.717, 1.165) is 19.3 Å². The number of fused-ring (bicyclic) bond motifs is 1. The van der Waals surface area contributed by atoms with Gasteiger partial charge in [0.15, 0.2) is 0 Å². The van der Waals surface area contributed by atoms with Crippen LogP contribution >= 0.6 is 0 Å². The van der Waals surface area contributed by atoms with Gasteiger partial charge in [0.05, 0.1) is 12.0 Å². The third-order valence-corrected chi connectivity index (χ3v) is 5.02. The SMILES string of the molecule is NC(=O)C(C1CCCCC1)C1CCc2nc[nH]c2C1. The van der Waals surface area contributed by atoms with Gasteiger partial charge in [-0.1, -0.05) is 19.3 Å². The van der Waals surface area contributed by atoms with Gasteiger partial charge in [-0.2, -0.15) is 0 Å². The Morgan fingerprint density at radius 1 is 1.26 bits per heavy atom. The number of hydrogen-bond donors (Lipinski definition) is 2. The molecule has 4 heteroatoms. The molecule has 104 valence electrons. The number of carbonyl (C=O) groups is 1. The minimum Gasteiger partial charge on any atom is -0.369 e. The summed E-state index contributed by atoms with van der Waals surface area (Å²) in [4.78, 5) is 19.5. The Morgan fingerprint density at radius 3 is 2.79 bits per heavy atom. The smallest absolute Gasteiger partial charge is 0.221 e. The molecule has 1 amide bonds. The zero-order valence-corrected chi connectivity index (χ0v) is 11.4. The number of hydrogen-bond acceptors (Lipinski definition) is 2. The van der Waals surface area contributed by atoms with Gasteiger partial charge in [-0.15, -0.1) is 0 Å². The summed E-state index contributed by atoms with van der Waals surface area (Å²) in [5.41, 5.74) is 8.13. The molecule has 0 spiro atoms. The zero-order valence-electron chi connectivity index (χ0n) is 11.4. The van der Waals surface area contributed by atoms with Crippen molar-refractivity contribution in [3.63, 3.8) is 0 Å². The standard InChI is InChI=1S/C15H23N3O/c16-15(19)14(10-4-2-1-3-5-10)11-6-7-12-13(8-11)18-9-17-12/h9-11,14H,1-8H2,(H2,16,19)(H,17,18). The number of H-pyrrole nitrogens is 1. The van der Waals surface area contributed by atoms with Crippen LogP contribution in [-0.4, -0.2) is 15.9 Å². The quantitative estimate of drug-likeness (QED) is 0.875. The summed E-state index contributed by atoms with van der Waals surface area (Å²) in [6, 6.07) is 0. The van der Waals surface area contributed by atoms with Crippen molar-refractivity contribution in [3.05, 3.63) is 17.7 Å². The molecule has 1 aromatic heterocycles. The second-order valence-corrected chi connectivity index (χ2v) is 6.16. The van der Waals surface area contributed by atoms with Gasteiger partial charge in [0.1, 0.15) is 0 Å². The monoisotopic (exact) mass is 261 g/mol. The number of primary amides is 1. The molecule has 0 radical (unpaired) electrons. The second-order valence-electron chi connectivity index (χ2n) is 6.16. The molecule has 1 aromatic rings. The molecule has 4 nitrogen and oxygen atoms in total. The van der Waals surface area contributed by atoms with Crippen molar-refractivity contribution in [2.75, 3.05) is 0 Å². The molecule has 0 aliphatic heterocycles. The number of nitrogens with zero attached hydrogens (tertiary/aromatic N) is 1. The van der Waals surface area contributed by atoms with Gasteiger partial charge in [0.2, 0.25) is 5.91 Å². The molecule has 2 aliphatic rings. The van der Waals surface area contributed by atoms with E-state index in [4.69, 9.17) is 5.73 Å². The van der Waals surface area contributed by atoms with Crippen LogP contribution in [0.15, 0.2) is 6.33 Å². The van der Waals surface area contributed by atoms with Gasteiger partial charge in [-0.3, -0.25) is 4.79 Å². The topological polar surface area (TPSA) is 71.8 Å². The van der Waals surface area contributed by atoms with Crippen LogP contribution in [0.1, 0.15) is 49.9 Å². The van der Waals surface area contributed by atoms with E-state index in [1.165, 1.54) is 43.5 Å². The van der Waals surface area contributed by atoms with E-state index >= 15 is 0 Å². The molecule has 2 aliphatic carbocycles. The molecule has 1 heterocycles. The molecule has 1 saturated carbocycles. The van der Waals surface area contributed by atoms with E-state index in [9.17, 15) is 4.79 Å². The Morgan fingerprint density at radius 2 is 2.05 bits per heavy atom. The molecule has 2 atom stereocenters. The first-order valence-corrected chi connectivity index (χ1v) is 7.56. The van der Waals surface area contributed by atoms with Crippen LogP contribution in [0.2, 0.25) is 0 Å². The van der Waals surface area contributed by atoms with E-state index in [0.29, 0.717) is 11.8 Å². The van der Waals surface area contributed by atoms with Gasteiger partial charge in [0.25, 0.3) is 0 Å². The highest BCUT2D eigenvalue weighted by molar-refractivity contribution is 5.77. The van der Waals surface area contributed by atoms with E-state index in [1.54, 1.807) is 6.33 Å². The van der Waals surface area contributed by atoms with E-state index in [2.05, 4.69) is 9.97 Å². The summed E-state index contributed by atoms with van der Waals surface area (Å²) in [7, 11) is 0. The Labute approximate surface area is 114 Å². The average Bonchev–Trinajstić information content (AvgIpc) is 2.87. The third kappa shape index (κ3) is 2.53. The zero-order chi connectivity index (χ0) is 13.2. The number of aryl methyl sites for hydroxylation is 1. The maximum absolute atomic E-state index is 11.9. The minimum atomic E-state index is -0.0835. The van der Waals surface area contributed by atoms with Crippen LogP contribution in [0.5, 0.6) is 0 Å². The first kappa shape index (κ1) is 12.7. The Balaban J connectivity index is 1.76. The Bertz CT molecular complexity index is 448. The van der Waals surface area contributed by atoms with Crippen LogP contribution in [0, 0.1) is 17.8 Å². The number of aromatic nitrogens is 2. The van der Waals surface area contributed by atoms with Crippen LogP contribution in [0.3, 0.4) is 0 Å². The van der Waals surface area contributed by atoms with Crippen LogP contribution in [0.4, 0.5) is 0 Å². The fraction of sp³-hybridized carbons (Fsp3) is 0.733. The van der Waals surface area contributed by atoms with E-state index < -0.39 is 0 Å².